The Hall–Kier alpha value is -4.06. The lowest BCUT2D eigenvalue weighted by molar-refractivity contribution is 0.340. The third kappa shape index (κ3) is 10.3. The van der Waals surface area contributed by atoms with E-state index in [1.165, 1.54) is 14.2 Å². The first kappa shape index (κ1) is 43.0. The fourth-order valence-electron chi connectivity index (χ4n) is 6.63. The monoisotopic (exact) mass is 910 g/mol. The molecule has 0 unspecified atom stereocenters. The average molecular weight is 912 g/mol. The molecule has 310 valence electrons. The molecule has 0 aliphatic carbocycles. The van der Waals surface area contributed by atoms with Crippen molar-refractivity contribution >= 4 is 76.2 Å². The second kappa shape index (κ2) is 19.1. The van der Waals surface area contributed by atoms with E-state index in [1.807, 2.05) is 36.6 Å². The number of thiazole rings is 2. The molecule has 8 rings (SSSR count). The number of anilines is 2. The van der Waals surface area contributed by atoms with E-state index in [1.54, 1.807) is 71.2 Å². The van der Waals surface area contributed by atoms with Crippen molar-refractivity contribution < 1.29 is 21.6 Å². The van der Waals surface area contributed by atoms with E-state index in [2.05, 4.69) is 46.4 Å². The van der Waals surface area contributed by atoms with E-state index in [4.69, 9.17) is 37.9 Å². The minimum atomic E-state index is -3.51. The molecule has 2 aliphatic heterocycles. The Morgan fingerprint density at radius 2 is 0.949 bits per heavy atom. The standard InChI is InChI=1S/C21H22ClN3O3S2.C21H22ClN3O2S2/c1-2-28-18-7-3-16(4-8-18)20-15-29-21(23-20)24-11-13-25(14-12-24)30(26,27)19-9-5-17(22)6-10-19;1-2-16-3-5-17(6-4-16)20-15-28-21(23-20)24-11-13-25(14-12-24)29(26,27)19-9-7-18(22)8-10-19/h3-10,15H,2,11-14H2,1H3;3-10,15H,2,11-14H2,1H3. The van der Waals surface area contributed by atoms with E-state index >= 15 is 0 Å². The summed E-state index contributed by atoms with van der Waals surface area (Å²) in [5.74, 6) is 0.842. The van der Waals surface area contributed by atoms with Gasteiger partial charge in [0.15, 0.2) is 10.3 Å². The van der Waals surface area contributed by atoms with Crippen molar-refractivity contribution in [1.82, 2.24) is 18.6 Å². The lowest BCUT2D eigenvalue weighted by Crippen LogP contribution is -2.48. The number of aromatic nitrogens is 2. The number of hydrogen-bond donors (Lipinski definition) is 0. The van der Waals surface area contributed by atoms with Gasteiger partial charge in [0, 0.05) is 84.3 Å². The molecule has 17 heteroatoms. The van der Waals surface area contributed by atoms with E-state index in [9.17, 15) is 16.8 Å². The van der Waals surface area contributed by atoms with Crippen molar-refractivity contribution in [2.75, 3.05) is 68.8 Å². The number of aryl methyl sites for hydroxylation is 1. The predicted octanol–water partition coefficient (Wildman–Crippen LogP) is 8.91. The van der Waals surface area contributed by atoms with Gasteiger partial charge in [0.05, 0.1) is 27.8 Å². The number of hydrogen-bond acceptors (Lipinski definition) is 11. The zero-order valence-corrected chi connectivity index (χ0v) is 37.4. The maximum absolute atomic E-state index is 12.8. The molecular formula is C42H44Cl2N6O5S4. The molecule has 0 saturated carbocycles. The van der Waals surface area contributed by atoms with Crippen LogP contribution >= 0.6 is 45.9 Å². The van der Waals surface area contributed by atoms with Crippen molar-refractivity contribution in [2.24, 2.45) is 0 Å². The number of ether oxygens (including phenoxy) is 1. The Balaban J connectivity index is 0.000000179. The topological polar surface area (TPSA) is 116 Å². The highest BCUT2D eigenvalue weighted by Crippen LogP contribution is 2.32. The van der Waals surface area contributed by atoms with Crippen LogP contribution in [0.3, 0.4) is 0 Å². The highest BCUT2D eigenvalue weighted by Gasteiger charge is 2.31. The quantitative estimate of drug-likeness (QED) is 0.126. The summed E-state index contributed by atoms with van der Waals surface area (Å²) in [6.45, 7) is 8.89. The molecule has 0 atom stereocenters. The first-order chi connectivity index (χ1) is 28.4. The molecule has 2 aliphatic rings. The lowest BCUT2D eigenvalue weighted by atomic mass is 10.1. The van der Waals surface area contributed by atoms with Gasteiger partial charge >= 0.3 is 0 Å². The Bertz CT molecular complexity index is 2520. The molecule has 6 aromatic rings. The Kier molecular flexibility index (Phi) is 13.9. The van der Waals surface area contributed by atoms with Gasteiger partial charge in [-0.05, 0) is 91.7 Å². The van der Waals surface area contributed by atoms with Crippen LogP contribution in [0.5, 0.6) is 5.75 Å². The Morgan fingerprint density at radius 3 is 1.32 bits per heavy atom. The summed E-state index contributed by atoms with van der Waals surface area (Å²) in [7, 11) is -7.01. The summed E-state index contributed by atoms with van der Waals surface area (Å²) in [6.07, 6.45) is 1.02. The SMILES string of the molecule is CCOc1ccc(-c2csc(N3CCN(S(=O)(=O)c4ccc(Cl)cc4)CC3)n2)cc1.CCc1ccc(-c2csc(N3CCN(S(=O)(=O)c4ccc(Cl)cc4)CC3)n2)cc1. The lowest BCUT2D eigenvalue weighted by Gasteiger charge is -2.33. The summed E-state index contributed by atoms with van der Waals surface area (Å²) in [5.41, 5.74) is 5.32. The van der Waals surface area contributed by atoms with Crippen LogP contribution in [-0.2, 0) is 26.5 Å². The molecule has 0 radical (unpaired) electrons. The number of sulfonamides is 2. The number of nitrogens with zero attached hydrogens (tertiary/aromatic N) is 6. The molecule has 59 heavy (non-hydrogen) atoms. The molecular weight excluding hydrogens is 868 g/mol. The minimum absolute atomic E-state index is 0.271. The molecule has 4 heterocycles. The molecule has 0 spiro atoms. The van der Waals surface area contributed by atoms with Crippen LogP contribution in [0.2, 0.25) is 10.0 Å². The average Bonchev–Trinajstić information content (AvgIpc) is 3.97. The zero-order valence-electron chi connectivity index (χ0n) is 32.6. The van der Waals surface area contributed by atoms with Gasteiger partial charge in [-0.3, -0.25) is 0 Å². The second-order valence-corrected chi connectivity index (χ2v) is 20.2. The van der Waals surface area contributed by atoms with Crippen LogP contribution in [0, 0.1) is 0 Å². The first-order valence-corrected chi connectivity index (χ1v) is 24.6. The highest BCUT2D eigenvalue weighted by atomic mass is 35.5. The van der Waals surface area contributed by atoms with Crippen molar-refractivity contribution in [3.63, 3.8) is 0 Å². The van der Waals surface area contributed by atoms with E-state index in [0.717, 1.165) is 44.9 Å². The normalized spacial score (nSPS) is 15.5. The number of halogens is 2. The number of rotatable bonds is 11. The summed E-state index contributed by atoms with van der Waals surface area (Å²) >= 11 is 14.9. The summed E-state index contributed by atoms with van der Waals surface area (Å²) in [6, 6.07) is 29.0. The summed E-state index contributed by atoms with van der Waals surface area (Å²) in [5, 5.41) is 6.98. The third-order valence-corrected chi connectivity index (χ3v) is 16.2. The van der Waals surface area contributed by atoms with Crippen molar-refractivity contribution in [3.05, 3.63) is 123 Å². The Labute approximate surface area is 364 Å². The van der Waals surface area contributed by atoms with Gasteiger partial charge in [-0.2, -0.15) is 8.61 Å². The van der Waals surface area contributed by atoms with Crippen molar-refractivity contribution in [1.29, 1.82) is 0 Å². The highest BCUT2D eigenvalue weighted by molar-refractivity contribution is 7.89. The van der Waals surface area contributed by atoms with Gasteiger partial charge in [-0.1, -0.05) is 54.4 Å². The first-order valence-electron chi connectivity index (χ1n) is 19.2. The maximum Gasteiger partial charge on any atom is 0.243 e. The molecule has 11 nitrogen and oxygen atoms in total. The van der Waals surface area contributed by atoms with Crippen molar-refractivity contribution in [3.8, 4) is 28.3 Å². The predicted molar refractivity (Wildman–Crippen MR) is 240 cm³/mol. The second-order valence-electron chi connectivity index (χ2n) is 13.7. The van der Waals surface area contributed by atoms with Crippen LogP contribution in [0.1, 0.15) is 19.4 Å². The van der Waals surface area contributed by atoms with Gasteiger partial charge in [-0.25, -0.2) is 26.8 Å². The third-order valence-electron chi connectivity index (χ3n) is 10.0. The molecule has 0 N–H and O–H groups in total. The Morgan fingerprint density at radius 1 is 0.559 bits per heavy atom. The molecule has 2 saturated heterocycles. The fraction of sp³-hybridized carbons (Fsp3) is 0.286. The molecule has 2 fully saturated rings. The van der Waals surface area contributed by atoms with Crippen molar-refractivity contribution in [2.45, 2.75) is 30.1 Å². The smallest absolute Gasteiger partial charge is 0.243 e. The van der Waals surface area contributed by atoms with Crippen LogP contribution in [0.25, 0.3) is 22.5 Å². The van der Waals surface area contributed by atoms with Crippen LogP contribution < -0.4 is 14.5 Å². The maximum atomic E-state index is 12.8. The zero-order chi connectivity index (χ0) is 41.6. The van der Waals surface area contributed by atoms with E-state index in [-0.39, 0.29) is 9.79 Å². The van der Waals surface area contributed by atoms with Gasteiger partial charge in [0.25, 0.3) is 0 Å². The van der Waals surface area contributed by atoms with Gasteiger partial charge in [0.1, 0.15) is 5.75 Å². The van der Waals surface area contributed by atoms with Crippen LogP contribution in [-0.4, -0.2) is 94.4 Å². The summed E-state index contributed by atoms with van der Waals surface area (Å²) in [4.78, 5) is 14.4. The fourth-order valence-corrected chi connectivity index (χ4v) is 11.5. The van der Waals surface area contributed by atoms with Crippen LogP contribution in [0.4, 0.5) is 10.3 Å². The number of piperazine rings is 2. The molecule has 0 bridgehead atoms. The van der Waals surface area contributed by atoms with E-state index < -0.39 is 20.0 Å². The number of benzene rings is 4. The minimum Gasteiger partial charge on any atom is -0.494 e. The molecule has 2 aromatic heterocycles. The van der Waals surface area contributed by atoms with E-state index in [0.29, 0.717) is 69.0 Å². The molecule has 0 amide bonds. The van der Waals surface area contributed by atoms with Gasteiger partial charge < -0.3 is 14.5 Å². The van der Waals surface area contributed by atoms with Crippen LogP contribution in [0.15, 0.2) is 118 Å². The largest absolute Gasteiger partial charge is 0.494 e. The molecule has 4 aromatic carbocycles. The van der Waals surface area contributed by atoms with Gasteiger partial charge in [-0.15, -0.1) is 22.7 Å². The van der Waals surface area contributed by atoms with Gasteiger partial charge in [0.2, 0.25) is 20.0 Å². The summed E-state index contributed by atoms with van der Waals surface area (Å²) < 4.78 is 59.9.